The van der Waals surface area contributed by atoms with Gasteiger partial charge in [0.15, 0.2) is 5.11 Å². The van der Waals surface area contributed by atoms with Crippen molar-refractivity contribution in [2.75, 3.05) is 6.54 Å². The Balaban J connectivity index is 1.66. The van der Waals surface area contributed by atoms with Crippen molar-refractivity contribution in [2.24, 2.45) is 0 Å². The van der Waals surface area contributed by atoms with Gasteiger partial charge in [0.2, 0.25) is 5.91 Å². The third-order valence-electron chi connectivity index (χ3n) is 3.24. The maximum absolute atomic E-state index is 11.9. The van der Waals surface area contributed by atoms with Gasteiger partial charge in [-0.2, -0.15) is 0 Å². The lowest BCUT2D eigenvalue weighted by atomic mass is 10.1. The average molecular weight is 382 g/mol. The fraction of sp³-hybridized carbons (Fsp3) is 0.176. The van der Waals surface area contributed by atoms with Crippen LogP contribution >= 0.6 is 35.4 Å². The summed E-state index contributed by atoms with van der Waals surface area (Å²) in [4.78, 5) is 11.9. The molecule has 2 aromatic carbocycles. The summed E-state index contributed by atoms with van der Waals surface area (Å²) in [5.74, 6) is -0.218. The van der Waals surface area contributed by atoms with Crippen molar-refractivity contribution < 1.29 is 4.79 Å². The van der Waals surface area contributed by atoms with E-state index >= 15 is 0 Å². The summed E-state index contributed by atoms with van der Waals surface area (Å²) in [5, 5.41) is 4.66. The highest BCUT2D eigenvalue weighted by atomic mass is 35.5. The number of carbonyl (C=O) groups excluding carboxylic acids is 1. The predicted octanol–water partition coefficient (Wildman–Crippen LogP) is 3.27. The van der Waals surface area contributed by atoms with Crippen molar-refractivity contribution in [3.05, 3.63) is 69.7 Å². The van der Waals surface area contributed by atoms with Crippen molar-refractivity contribution in [3.63, 3.8) is 0 Å². The van der Waals surface area contributed by atoms with Crippen molar-refractivity contribution in [1.29, 1.82) is 0 Å². The summed E-state index contributed by atoms with van der Waals surface area (Å²) in [7, 11) is 0. The Labute approximate surface area is 156 Å². The molecular formula is C17H17Cl2N3OS. The molecule has 0 bridgehead atoms. The van der Waals surface area contributed by atoms with Crippen LogP contribution in [0.15, 0.2) is 48.5 Å². The van der Waals surface area contributed by atoms with E-state index in [1.807, 2.05) is 42.5 Å². The number of rotatable bonds is 5. The van der Waals surface area contributed by atoms with Crippen LogP contribution in [-0.4, -0.2) is 17.6 Å². The molecule has 3 N–H and O–H groups in total. The summed E-state index contributed by atoms with van der Waals surface area (Å²) in [5.41, 5.74) is 7.13. The molecule has 0 fully saturated rings. The van der Waals surface area contributed by atoms with E-state index in [2.05, 4.69) is 16.2 Å². The van der Waals surface area contributed by atoms with E-state index in [-0.39, 0.29) is 12.3 Å². The van der Waals surface area contributed by atoms with Crippen LogP contribution in [0.2, 0.25) is 10.0 Å². The Kier molecular flexibility index (Phi) is 7.31. The molecular weight excluding hydrogens is 365 g/mol. The Morgan fingerprint density at radius 1 is 1.00 bits per heavy atom. The van der Waals surface area contributed by atoms with E-state index in [9.17, 15) is 4.79 Å². The Morgan fingerprint density at radius 3 is 2.42 bits per heavy atom. The summed E-state index contributed by atoms with van der Waals surface area (Å²) < 4.78 is 0. The molecule has 0 aliphatic heterocycles. The molecule has 4 nitrogen and oxygen atoms in total. The smallest absolute Gasteiger partial charge is 0.242 e. The van der Waals surface area contributed by atoms with E-state index in [0.29, 0.717) is 21.7 Å². The largest absolute Gasteiger partial charge is 0.361 e. The van der Waals surface area contributed by atoms with E-state index in [4.69, 9.17) is 35.4 Å². The van der Waals surface area contributed by atoms with Crippen LogP contribution in [0, 0.1) is 0 Å². The van der Waals surface area contributed by atoms with Crippen LogP contribution < -0.4 is 16.2 Å². The van der Waals surface area contributed by atoms with Crippen molar-refractivity contribution in [2.45, 2.75) is 12.8 Å². The van der Waals surface area contributed by atoms with Gasteiger partial charge < -0.3 is 5.32 Å². The minimum atomic E-state index is -0.218. The summed E-state index contributed by atoms with van der Waals surface area (Å²) in [6.07, 6.45) is 0.979. The van der Waals surface area contributed by atoms with E-state index in [1.54, 1.807) is 6.07 Å². The van der Waals surface area contributed by atoms with Gasteiger partial charge in [-0.3, -0.25) is 15.6 Å². The van der Waals surface area contributed by atoms with Crippen LogP contribution in [0.1, 0.15) is 11.1 Å². The third kappa shape index (κ3) is 6.35. The van der Waals surface area contributed by atoms with Crippen LogP contribution in [0.3, 0.4) is 0 Å². The van der Waals surface area contributed by atoms with Gasteiger partial charge in [-0.25, -0.2) is 0 Å². The molecule has 0 heterocycles. The monoisotopic (exact) mass is 381 g/mol. The Hall–Kier alpha value is -1.82. The molecule has 7 heteroatoms. The molecule has 1 amide bonds. The minimum absolute atomic E-state index is 0.181. The zero-order chi connectivity index (χ0) is 17.4. The van der Waals surface area contributed by atoms with E-state index < -0.39 is 0 Å². The molecule has 24 heavy (non-hydrogen) atoms. The summed E-state index contributed by atoms with van der Waals surface area (Å²) in [6, 6.07) is 14.8. The van der Waals surface area contributed by atoms with Crippen molar-refractivity contribution >= 4 is 46.4 Å². The maximum atomic E-state index is 11.9. The first-order valence-corrected chi connectivity index (χ1v) is 8.51. The topological polar surface area (TPSA) is 53.2 Å². The molecule has 0 saturated heterocycles. The van der Waals surface area contributed by atoms with Gasteiger partial charge in [0.25, 0.3) is 0 Å². The number of hydrogen-bond acceptors (Lipinski definition) is 2. The van der Waals surface area contributed by atoms with Crippen molar-refractivity contribution in [3.8, 4) is 0 Å². The molecule has 0 aromatic heterocycles. The molecule has 0 aliphatic carbocycles. The second-order valence-electron chi connectivity index (χ2n) is 5.07. The number of hydrogen-bond donors (Lipinski definition) is 3. The second kappa shape index (κ2) is 9.47. The van der Waals surface area contributed by atoms with Gasteiger partial charge in [-0.05, 0) is 48.0 Å². The van der Waals surface area contributed by atoms with Crippen LogP contribution in [0.4, 0.5) is 0 Å². The first-order valence-electron chi connectivity index (χ1n) is 7.35. The maximum Gasteiger partial charge on any atom is 0.242 e. The molecule has 0 atom stereocenters. The zero-order valence-corrected chi connectivity index (χ0v) is 15.1. The lowest BCUT2D eigenvalue weighted by molar-refractivity contribution is -0.121. The van der Waals surface area contributed by atoms with E-state index in [1.165, 1.54) is 0 Å². The molecule has 0 spiro atoms. The quantitative estimate of drug-likeness (QED) is 0.549. The number of thiocarbonyl (C=S) groups is 1. The van der Waals surface area contributed by atoms with Gasteiger partial charge in [0.1, 0.15) is 0 Å². The normalized spacial score (nSPS) is 10.1. The SMILES string of the molecule is O=C(Cc1ccccc1Cl)NNC(=S)NCCc1ccc(Cl)cc1. The molecule has 2 aromatic rings. The fourth-order valence-corrected chi connectivity index (χ4v) is 2.48. The standard InChI is InChI=1S/C17H17Cl2N3OS/c18-14-7-5-12(6-8-14)9-10-20-17(24)22-21-16(23)11-13-3-1-2-4-15(13)19/h1-8H,9-11H2,(H,21,23)(H2,20,22,24). The van der Waals surface area contributed by atoms with Crippen LogP contribution in [0.25, 0.3) is 0 Å². The van der Waals surface area contributed by atoms with Crippen LogP contribution in [0.5, 0.6) is 0 Å². The van der Waals surface area contributed by atoms with Gasteiger partial charge in [-0.1, -0.05) is 53.5 Å². The lowest BCUT2D eigenvalue weighted by Gasteiger charge is -2.12. The fourth-order valence-electron chi connectivity index (χ4n) is 2.00. The Bertz CT molecular complexity index is 707. The molecule has 0 radical (unpaired) electrons. The molecule has 126 valence electrons. The first kappa shape index (κ1) is 18.5. The minimum Gasteiger partial charge on any atom is -0.361 e. The lowest BCUT2D eigenvalue weighted by Crippen LogP contribution is -2.47. The number of nitrogens with one attached hydrogen (secondary N) is 3. The molecule has 2 rings (SSSR count). The third-order valence-corrected chi connectivity index (χ3v) is 4.10. The molecule has 0 saturated carbocycles. The highest BCUT2D eigenvalue weighted by Gasteiger charge is 2.06. The van der Waals surface area contributed by atoms with E-state index in [0.717, 1.165) is 17.5 Å². The summed E-state index contributed by atoms with van der Waals surface area (Å²) in [6.45, 7) is 0.647. The average Bonchev–Trinajstić information content (AvgIpc) is 2.57. The highest BCUT2D eigenvalue weighted by molar-refractivity contribution is 7.80. The van der Waals surface area contributed by atoms with Gasteiger partial charge >= 0.3 is 0 Å². The highest BCUT2D eigenvalue weighted by Crippen LogP contribution is 2.15. The van der Waals surface area contributed by atoms with Gasteiger partial charge in [-0.15, -0.1) is 0 Å². The van der Waals surface area contributed by atoms with Crippen LogP contribution in [-0.2, 0) is 17.6 Å². The number of benzene rings is 2. The molecule has 0 unspecified atom stereocenters. The zero-order valence-electron chi connectivity index (χ0n) is 12.8. The number of amides is 1. The van der Waals surface area contributed by atoms with Gasteiger partial charge in [0, 0.05) is 16.6 Å². The number of carbonyl (C=O) groups is 1. The first-order chi connectivity index (χ1) is 11.5. The molecule has 0 aliphatic rings. The predicted molar refractivity (Wildman–Crippen MR) is 102 cm³/mol. The Morgan fingerprint density at radius 2 is 1.71 bits per heavy atom. The van der Waals surface area contributed by atoms with Crippen molar-refractivity contribution in [1.82, 2.24) is 16.2 Å². The number of hydrazine groups is 1. The van der Waals surface area contributed by atoms with Gasteiger partial charge in [0.05, 0.1) is 6.42 Å². The number of halogens is 2. The second-order valence-corrected chi connectivity index (χ2v) is 6.33. The summed E-state index contributed by atoms with van der Waals surface area (Å²) >= 11 is 17.0.